The van der Waals surface area contributed by atoms with Crippen molar-refractivity contribution in [1.82, 2.24) is 9.97 Å². The minimum absolute atomic E-state index is 0.388. The molecule has 78 valence electrons. The van der Waals surface area contributed by atoms with Crippen LogP contribution in [0.1, 0.15) is 18.5 Å². The zero-order valence-corrected chi connectivity index (χ0v) is 8.31. The molecule has 2 heterocycles. The topological polar surface area (TPSA) is 70.8 Å². The number of ether oxygens (including phenoxy) is 1. The van der Waals surface area contributed by atoms with E-state index in [4.69, 9.17) is 10.00 Å². The van der Waals surface area contributed by atoms with Gasteiger partial charge in [-0.1, -0.05) is 0 Å². The van der Waals surface area contributed by atoms with Crippen LogP contribution in [0.2, 0.25) is 0 Å². The maximum Gasteiger partial charge on any atom is 0.145 e. The number of anilines is 1. The van der Waals surface area contributed by atoms with Crippen molar-refractivity contribution in [1.29, 1.82) is 5.26 Å². The van der Waals surface area contributed by atoms with Crippen molar-refractivity contribution in [3.63, 3.8) is 0 Å². The van der Waals surface area contributed by atoms with Crippen molar-refractivity contribution in [3.05, 3.63) is 18.1 Å². The number of rotatable bonds is 2. The van der Waals surface area contributed by atoms with Crippen molar-refractivity contribution in [2.24, 2.45) is 0 Å². The summed E-state index contributed by atoms with van der Waals surface area (Å²) in [6.45, 7) is 1.57. The predicted molar refractivity (Wildman–Crippen MR) is 54.2 cm³/mol. The molecule has 5 nitrogen and oxygen atoms in total. The van der Waals surface area contributed by atoms with Crippen LogP contribution in [0.3, 0.4) is 0 Å². The van der Waals surface area contributed by atoms with E-state index in [0.717, 1.165) is 26.1 Å². The zero-order chi connectivity index (χ0) is 10.5. The van der Waals surface area contributed by atoms with Crippen LogP contribution in [0.4, 0.5) is 5.82 Å². The van der Waals surface area contributed by atoms with Crippen LogP contribution in [0.15, 0.2) is 12.4 Å². The van der Waals surface area contributed by atoms with Gasteiger partial charge in [-0.05, 0) is 12.8 Å². The van der Waals surface area contributed by atoms with Crippen LogP contribution >= 0.6 is 0 Å². The molecule has 1 fully saturated rings. The summed E-state index contributed by atoms with van der Waals surface area (Å²) in [5.41, 5.74) is 0.388. The lowest BCUT2D eigenvalue weighted by Crippen LogP contribution is -2.28. The molecular formula is C10H12N4O. The van der Waals surface area contributed by atoms with Gasteiger partial charge in [0.2, 0.25) is 0 Å². The number of nitriles is 1. The minimum Gasteiger partial charge on any atom is -0.381 e. The summed E-state index contributed by atoms with van der Waals surface area (Å²) in [6.07, 6.45) is 3.36. The molecule has 1 N–H and O–H groups in total. The van der Waals surface area contributed by atoms with Gasteiger partial charge in [-0.3, -0.25) is 0 Å². The van der Waals surface area contributed by atoms with Crippen LogP contribution in [-0.4, -0.2) is 29.2 Å². The van der Waals surface area contributed by atoms with Crippen molar-refractivity contribution >= 4 is 5.82 Å². The van der Waals surface area contributed by atoms with Crippen molar-refractivity contribution in [2.45, 2.75) is 18.9 Å². The molecule has 1 saturated heterocycles. The molecule has 0 radical (unpaired) electrons. The SMILES string of the molecule is N#Cc1cc(NC2CCOCC2)ncn1. The highest BCUT2D eigenvalue weighted by atomic mass is 16.5. The van der Waals surface area contributed by atoms with Crippen LogP contribution in [0.5, 0.6) is 0 Å². The first-order chi connectivity index (χ1) is 7.38. The molecule has 0 saturated carbocycles. The minimum atomic E-state index is 0.388. The Kier molecular flexibility index (Phi) is 3.10. The Morgan fingerprint density at radius 1 is 1.40 bits per heavy atom. The van der Waals surface area contributed by atoms with Crippen molar-refractivity contribution in [3.8, 4) is 6.07 Å². The summed E-state index contributed by atoms with van der Waals surface area (Å²) in [7, 11) is 0. The Bertz CT molecular complexity index is 368. The Morgan fingerprint density at radius 2 is 2.20 bits per heavy atom. The Hall–Kier alpha value is -1.67. The molecule has 0 aromatic carbocycles. The second-order valence-electron chi connectivity index (χ2n) is 3.43. The van der Waals surface area contributed by atoms with E-state index in [1.54, 1.807) is 6.07 Å². The number of hydrogen-bond acceptors (Lipinski definition) is 5. The summed E-state index contributed by atoms with van der Waals surface area (Å²) in [5.74, 6) is 0.716. The summed E-state index contributed by atoms with van der Waals surface area (Å²) in [4.78, 5) is 7.88. The van der Waals surface area contributed by atoms with E-state index in [0.29, 0.717) is 17.6 Å². The fraction of sp³-hybridized carbons (Fsp3) is 0.500. The molecular weight excluding hydrogens is 192 g/mol. The van der Waals surface area contributed by atoms with Crippen LogP contribution < -0.4 is 5.32 Å². The third-order valence-corrected chi connectivity index (χ3v) is 2.35. The summed E-state index contributed by atoms with van der Waals surface area (Å²) < 4.78 is 5.26. The van der Waals surface area contributed by atoms with E-state index in [1.165, 1.54) is 6.33 Å². The average Bonchev–Trinajstić information content (AvgIpc) is 2.31. The average molecular weight is 204 g/mol. The van der Waals surface area contributed by atoms with E-state index < -0.39 is 0 Å². The van der Waals surface area contributed by atoms with Gasteiger partial charge in [-0.25, -0.2) is 9.97 Å². The molecule has 15 heavy (non-hydrogen) atoms. The zero-order valence-electron chi connectivity index (χ0n) is 8.31. The van der Waals surface area contributed by atoms with E-state index in [-0.39, 0.29) is 0 Å². The number of aromatic nitrogens is 2. The fourth-order valence-corrected chi connectivity index (χ4v) is 1.55. The maximum absolute atomic E-state index is 8.68. The summed E-state index contributed by atoms with van der Waals surface area (Å²) >= 11 is 0. The third-order valence-electron chi connectivity index (χ3n) is 2.35. The first-order valence-corrected chi connectivity index (χ1v) is 4.95. The molecule has 1 aliphatic rings. The number of nitrogens with one attached hydrogen (secondary N) is 1. The van der Waals surface area contributed by atoms with Gasteiger partial charge >= 0.3 is 0 Å². The largest absolute Gasteiger partial charge is 0.381 e. The van der Waals surface area contributed by atoms with Crippen LogP contribution in [0, 0.1) is 11.3 Å². The smallest absolute Gasteiger partial charge is 0.145 e. The molecule has 2 rings (SSSR count). The van der Waals surface area contributed by atoms with Gasteiger partial charge in [0.1, 0.15) is 23.9 Å². The monoisotopic (exact) mass is 204 g/mol. The van der Waals surface area contributed by atoms with Crippen LogP contribution in [0.25, 0.3) is 0 Å². The lowest BCUT2D eigenvalue weighted by molar-refractivity contribution is 0.0904. The highest BCUT2D eigenvalue weighted by Crippen LogP contribution is 2.12. The maximum atomic E-state index is 8.68. The molecule has 0 spiro atoms. The normalized spacial score (nSPS) is 17.0. The lowest BCUT2D eigenvalue weighted by Gasteiger charge is -2.23. The third kappa shape index (κ3) is 2.64. The molecule has 5 heteroatoms. The standard InChI is InChI=1S/C10H12N4O/c11-6-9-5-10(13-7-12-9)14-8-1-3-15-4-2-8/h5,7-8H,1-4H2,(H,12,13,14). The summed E-state index contributed by atoms with van der Waals surface area (Å²) in [5, 5.41) is 12.0. The lowest BCUT2D eigenvalue weighted by atomic mass is 10.1. The first kappa shape index (κ1) is 9.87. The highest BCUT2D eigenvalue weighted by Gasteiger charge is 2.13. The predicted octanol–water partition coefficient (Wildman–Crippen LogP) is 0.939. The molecule has 0 aliphatic carbocycles. The molecule has 0 amide bonds. The van der Waals surface area contributed by atoms with Crippen LogP contribution in [-0.2, 0) is 4.74 Å². The Morgan fingerprint density at radius 3 is 2.93 bits per heavy atom. The van der Waals surface area contributed by atoms with E-state index in [1.807, 2.05) is 6.07 Å². The molecule has 1 aromatic heterocycles. The summed E-state index contributed by atoms with van der Waals surface area (Å²) in [6, 6.07) is 4.04. The fourth-order valence-electron chi connectivity index (χ4n) is 1.55. The van der Waals surface area contributed by atoms with Gasteiger partial charge in [0.15, 0.2) is 0 Å². The Balaban J connectivity index is 2.00. The molecule has 0 bridgehead atoms. The number of nitrogens with zero attached hydrogens (tertiary/aromatic N) is 3. The van der Waals surface area contributed by atoms with Gasteiger partial charge in [-0.15, -0.1) is 0 Å². The van der Waals surface area contributed by atoms with Crippen molar-refractivity contribution < 1.29 is 4.74 Å². The van der Waals surface area contributed by atoms with Gasteiger partial charge in [-0.2, -0.15) is 5.26 Å². The number of hydrogen-bond donors (Lipinski definition) is 1. The molecule has 0 unspecified atom stereocenters. The molecule has 1 aromatic rings. The first-order valence-electron chi connectivity index (χ1n) is 4.95. The highest BCUT2D eigenvalue weighted by molar-refractivity contribution is 5.39. The molecule has 1 aliphatic heterocycles. The van der Waals surface area contributed by atoms with E-state index in [2.05, 4.69) is 15.3 Å². The van der Waals surface area contributed by atoms with Crippen molar-refractivity contribution in [2.75, 3.05) is 18.5 Å². The quantitative estimate of drug-likeness (QED) is 0.776. The van der Waals surface area contributed by atoms with E-state index >= 15 is 0 Å². The molecule has 0 atom stereocenters. The van der Waals surface area contributed by atoms with Gasteiger partial charge in [0.25, 0.3) is 0 Å². The Labute approximate surface area is 88.1 Å². The van der Waals surface area contributed by atoms with Gasteiger partial charge in [0.05, 0.1) is 0 Å². The van der Waals surface area contributed by atoms with Gasteiger partial charge < -0.3 is 10.1 Å². The van der Waals surface area contributed by atoms with Gasteiger partial charge in [0, 0.05) is 25.3 Å². The second-order valence-corrected chi connectivity index (χ2v) is 3.43. The van der Waals surface area contributed by atoms with E-state index in [9.17, 15) is 0 Å². The second kappa shape index (κ2) is 4.71.